The van der Waals surface area contributed by atoms with Gasteiger partial charge in [0.2, 0.25) is 0 Å². The Morgan fingerprint density at radius 3 is 2.74 bits per heavy atom. The molecule has 0 atom stereocenters. The van der Waals surface area contributed by atoms with Gasteiger partial charge >= 0.3 is 0 Å². The summed E-state index contributed by atoms with van der Waals surface area (Å²) in [6.45, 7) is 4.06. The highest BCUT2D eigenvalue weighted by Crippen LogP contribution is 2.21. The SMILES string of the molecule is CCc1ccccc1Nc1cc(C(N)=S)cc(C)n1. The molecule has 0 saturated heterocycles. The topological polar surface area (TPSA) is 50.9 Å². The molecule has 0 unspecified atom stereocenters. The summed E-state index contributed by atoms with van der Waals surface area (Å²) in [4.78, 5) is 4.85. The predicted molar refractivity (Wildman–Crippen MR) is 84.0 cm³/mol. The van der Waals surface area contributed by atoms with Crippen LogP contribution < -0.4 is 11.1 Å². The van der Waals surface area contributed by atoms with Gasteiger partial charge in [-0.3, -0.25) is 0 Å². The maximum atomic E-state index is 5.68. The van der Waals surface area contributed by atoms with Crippen molar-refractivity contribution in [2.75, 3.05) is 5.32 Å². The molecule has 0 aliphatic heterocycles. The summed E-state index contributed by atoms with van der Waals surface area (Å²) in [5.74, 6) is 0.767. The van der Waals surface area contributed by atoms with Crippen LogP contribution in [0.1, 0.15) is 23.7 Å². The first-order chi connectivity index (χ1) is 9.10. The van der Waals surface area contributed by atoms with Crippen molar-refractivity contribution in [3.05, 3.63) is 53.2 Å². The quantitative estimate of drug-likeness (QED) is 0.837. The largest absolute Gasteiger partial charge is 0.389 e. The number of para-hydroxylation sites is 1. The average molecular weight is 271 g/mol. The molecular formula is C15H17N3S. The van der Waals surface area contributed by atoms with Crippen LogP contribution in [0.2, 0.25) is 0 Å². The minimum atomic E-state index is 0.386. The lowest BCUT2D eigenvalue weighted by Crippen LogP contribution is -2.11. The van der Waals surface area contributed by atoms with E-state index in [-0.39, 0.29) is 0 Å². The summed E-state index contributed by atoms with van der Waals surface area (Å²) < 4.78 is 0. The fourth-order valence-electron chi connectivity index (χ4n) is 1.96. The third-order valence-electron chi connectivity index (χ3n) is 2.90. The van der Waals surface area contributed by atoms with E-state index < -0.39 is 0 Å². The molecule has 2 aromatic rings. The number of anilines is 2. The number of aromatic nitrogens is 1. The smallest absolute Gasteiger partial charge is 0.131 e. The highest BCUT2D eigenvalue weighted by Gasteiger charge is 2.05. The lowest BCUT2D eigenvalue weighted by atomic mass is 10.1. The van der Waals surface area contributed by atoms with Gasteiger partial charge in [-0.25, -0.2) is 4.98 Å². The molecule has 1 aromatic carbocycles. The number of hydrogen-bond acceptors (Lipinski definition) is 3. The first-order valence-electron chi connectivity index (χ1n) is 6.23. The summed E-state index contributed by atoms with van der Waals surface area (Å²) in [5, 5.41) is 3.33. The predicted octanol–water partition coefficient (Wildman–Crippen LogP) is 3.33. The first kappa shape index (κ1) is 13.5. The Bertz CT molecular complexity index is 608. The van der Waals surface area contributed by atoms with E-state index in [2.05, 4.69) is 23.3 Å². The lowest BCUT2D eigenvalue weighted by Gasteiger charge is -2.11. The Kier molecular flexibility index (Phi) is 4.12. The van der Waals surface area contributed by atoms with Crippen LogP contribution >= 0.6 is 12.2 Å². The number of pyridine rings is 1. The van der Waals surface area contributed by atoms with Crippen molar-refractivity contribution in [1.82, 2.24) is 4.98 Å². The van der Waals surface area contributed by atoms with E-state index in [1.807, 2.05) is 37.3 Å². The van der Waals surface area contributed by atoms with Crippen LogP contribution in [0.5, 0.6) is 0 Å². The molecule has 98 valence electrons. The van der Waals surface area contributed by atoms with Gasteiger partial charge in [-0.05, 0) is 37.1 Å². The van der Waals surface area contributed by atoms with Crippen molar-refractivity contribution in [2.45, 2.75) is 20.3 Å². The van der Waals surface area contributed by atoms with Crippen molar-refractivity contribution in [1.29, 1.82) is 0 Å². The Morgan fingerprint density at radius 2 is 2.05 bits per heavy atom. The Balaban J connectivity index is 2.35. The summed E-state index contributed by atoms with van der Waals surface area (Å²) in [5.41, 5.74) is 9.72. The standard InChI is InChI=1S/C15H17N3S/c1-3-11-6-4-5-7-13(11)18-14-9-12(15(16)19)8-10(2)17-14/h4-9H,3H2,1-2H3,(H2,16,19)(H,17,18). The van der Waals surface area contributed by atoms with Gasteiger partial charge in [-0.2, -0.15) is 0 Å². The fraction of sp³-hybridized carbons (Fsp3) is 0.200. The zero-order valence-corrected chi connectivity index (χ0v) is 11.9. The molecule has 0 amide bonds. The van der Waals surface area contributed by atoms with Crippen molar-refractivity contribution in [3.63, 3.8) is 0 Å². The molecule has 3 N–H and O–H groups in total. The van der Waals surface area contributed by atoms with Crippen LogP contribution in [0.4, 0.5) is 11.5 Å². The number of rotatable bonds is 4. The molecule has 19 heavy (non-hydrogen) atoms. The van der Waals surface area contributed by atoms with Gasteiger partial charge in [0, 0.05) is 16.9 Å². The third-order valence-corrected chi connectivity index (χ3v) is 3.13. The monoisotopic (exact) mass is 271 g/mol. The Hall–Kier alpha value is -1.94. The molecule has 0 aliphatic carbocycles. The van der Waals surface area contributed by atoms with E-state index >= 15 is 0 Å². The van der Waals surface area contributed by atoms with Gasteiger partial charge in [-0.1, -0.05) is 37.3 Å². The second-order valence-electron chi connectivity index (χ2n) is 4.38. The highest BCUT2D eigenvalue weighted by atomic mass is 32.1. The van der Waals surface area contributed by atoms with E-state index in [9.17, 15) is 0 Å². The average Bonchev–Trinajstić information content (AvgIpc) is 2.38. The van der Waals surface area contributed by atoms with Crippen molar-refractivity contribution in [3.8, 4) is 0 Å². The van der Waals surface area contributed by atoms with E-state index in [4.69, 9.17) is 18.0 Å². The second-order valence-corrected chi connectivity index (χ2v) is 4.82. The maximum Gasteiger partial charge on any atom is 0.131 e. The summed E-state index contributed by atoms with van der Waals surface area (Å²) in [6.07, 6.45) is 0.969. The van der Waals surface area contributed by atoms with Crippen LogP contribution in [0.3, 0.4) is 0 Å². The number of nitrogens with one attached hydrogen (secondary N) is 1. The highest BCUT2D eigenvalue weighted by molar-refractivity contribution is 7.80. The summed E-state index contributed by atoms with van der Waals surface area (Å²) >= 11 is 5.02. The van der Waals surface area contributed by atoms with Gasteiger partial charge in [-0.15, -0.1) is 0 Å². The third kappa shape index (κ3) is 3.29. The minimum absolute atomic E-state index is 0.386. The number of nitrogens with zero attached hydrogens (tertiary/aromatic N) is 1. The maximum absolute atomic E-state index is 5.68. The van der Waals surface area contributed by atoms with E-state index in [1.165, 1.54) is 5.56 Å². The van der Waals surface area contributed by atoms with Gasteiger partial charge in [0.25, 0.3) is 0 Å². The molecule has 0 aliphatic rings. The molecule has 0 fully saturated rings. The molecule has 0 spiro atoms. The fourth-order valence-corrected chi connectivity index (χ4v) is 2.08. The Morgan fingerprint density at radius 1 is 1.32 bits per heavy atom. The normalized spacial score (nSPS) is 10.2. The van der Waals surface area contributed by atoms with E-state index in [0.29, 0.717) is 4.99 Å². The van der Waals surface area contributed by atoms with Crippen LogP contribution in [0.15, 0.2) is 36.4 Å². The van der Waals surface area contributed by atoms with Crippen molar-refractivity contribution < 1.29 is 0 Å². The van der Waals surface area contributed by atoms with Gasteiger partial charge < -0.3 is 11.1 Å². The van der Waals surface area contributed by atoms with E-state index in [1.54, 1.807) is 0 Å². The molecule has 4 heteroatoms. The number of nitrogens with two attached hydrogens (primary N) is 1. The number of benzene rings is 1. The van der Waals surface area contributed by atoms with E-state index in [0.717, 1.165) is 29.2 Å². The number of hydrogen-bond donors (Lipinski definition) is 2. The van der Waals surface area contributed by atoms with Gasteiger partial charge in [0.15, 0.2) is 0 Å². The summed E-state index contributed by atoms with van der Waals surface area (Å²) in [7, 11) is 0. The number of aryl methyl sites for hydroxylation is 2. The van der Waals surface area contributed by atoms with Crippen molar-refractivity contribution in [2.24, 2.45) is 5.73 Å². The zero-order valence-electron chi connectivity index (χ0n) is 11.1. The summed E-state index contributed by atoms with van der Waals surface area (Å²) in [6, 6.07) is 12.0. The molecule has 0 saturated carbocycles. The second kappa shape index (κ2) is 5.80. The first-order valence-corrected chi connectivity index (χ1v) is 6.64. The minimum Gasteiger partial charge on any atom is -0.389 e. The molecule has 1 aromatic heterocycles. The lowest BCUT2D eigenvalue weighted by molar-refractivity contribution is 1.13. The van der Waals surface area contributed by atoms with Gasteiger partial charge in [0.1, 0.15) is 10.8 Å². The van der Waals surface area contributed by atoms with Crippen molar-refractivity contribution >= 4 is 28.7 Å². The zero-order chi connectivity index (χ0) is 13.8. The molecule has 3 nitrogen and oxygen atoms in total. The Labute approximate surface area is 118 Å². The van der Waals surface area contributed by atoms with Crippen LogP contribution in [-0.4, -0.2) is 9.97 Å². The van der Waals surface area contributed by atoms with Gasteiger partial charge in [0.05, 0.1) is 0 Å². The van der Waals surface area contributed by atoms with Crippen LogP contribution in [0, 0.1) is 6.92 Å². The molecular weight excluding hydrogens is 254 g/mol. The van der Waals surface area contributed by atoms with Crippen LogP contribution in [-0.2, 0) is 6.42 Å². The molecule has 0 radical (unpaired) electrons. The molecule has 0 bridgehead atoms. The molecule has 2 rings (SSSR count). The molecule has 1 heterocycles. The van der Waals surface area contributed by atoms with Crippen LogP contribution in [0.25, 0.3) is 0 Å². The number of thiocarbonyl (C=S) groups is 1.